The molecule has 0 N–H and O–H groups in total. The van der Waals surface area contributed by atoms with E-state index in [0.29, 0.717) is 0 Å². The zero-order chi connectivity index (χ0) is 12.8. The fraction of sp³-hybridized carbons (Fsp3) is 0.667. The van der Waals surface area contributed by atoms with Crippen molar-refractivity contribution in [1.29, 1.82) is 0 Å². The molecule has 2 aliphatic carbocycles. The van der Waals surface area contributed by atoms with E-state index in [1.54, 1.807) is 0 Å². The Bertz CT molecular complexity index is 441. The summed E-state index contributed by atoms with van der Waals surface area (Å²) in [6.45, 7) is 2.33. The summed E-state index contributed by atoms with van der Waals surface area (Å²) in [5, 5.41) is 0. The van der Waals surface area contributed by atoms with Crippen LogP contribution in [0.1, 0.15) is 32.1 Å². The maximum atomic E-state index is 4.54. The molecular formula is C15H20BrN3. The molecule has 2 heterocycles. The molecule has 0 amide bonds. The van der Waals surface area contributed by atoms with Gasteiger partial charge in [-0.05, 0) is 60.2 Å². The molecule has 102 valence electrons. The molecule has 0 aromatic carbocycles. The van der Waals surface area contributed by atoms with Crippen molar-refractivity contribution < 1.29 is 0 Å². The van der Waals surface area contributed by atoms with Gasteiger partial charge in [0.15, 0.2) is 0 Å². The van der Waals surface area contributed by atoms with Crippen molar-refractivity contribution in [3.63, 3.8) is 0 Å². The van der Waals surface area contributed by atoms with Crippen LogP contribution in [-0.4, -0.2) is 41.1 Å². The molecule has 1 saturated heterocycles. The minimum atomic E-state index is 0.769. The van der Waals surface area contributed by atoms with Crippen LogP contribution in [0.15, 0.2) is 22.8 Å². The Morgan fingerprint density at radius 3 is 2.37 bits per heavy atom. The van der Waals surface area contributed by atoms with Crippen molar-refractivity contribution in [2.24, 2.45) is 0 Å². The Morgan fingerprint density at radius 2 is 1.79 bits per heavy atom. The Labute approximate surface area is 123 Å². The van der Waals surface area contributed by atoms with Gasteiger partial charge in [-0.2, -0.15) is 0 Å². The first-order valence-electron chi connectivity index (χ1n) is 7.45. The fourth-order valence-corrected chi connectivity index (χ4v) is 3.62. The largest absolute Gasteiger partial charge is 0.355 e. The van der Waals surface area contributed by atoms with Gasteiger partial charge in [-0.3, -0.25) is 4.90 Å². The van der Waals surface area contributed by atoms with Gasteiger partial charge in [0.1, 0.15) is 5.82 Å². The van der Waals surface area contributed by atoms with Crippen molar-refractivity contribution in [1.82, 2.24) is 9.88 Å². The summed E-state index contributed by atoms with van der Waals surface area (Å²) < 4.78 is 1.06. The highest BCUT2D eigenvalue weighted by Crippen LogP contribution is 2.41. The van der Waals surface area contributed by atoms with E-state index in [9.17, 15) is 0 Å². The van der Waals surface area contributed by atoms with Crippen molar-refractivity contribution in [2.45, 2.75) is 50.2 Å². The monoisotopic (exact) mass is 321 g/mol. The Morgan fingerprint density at radius 1 is 1.05 bits per heavy atom. The fourth-order valence-electron chi connectivity index (χ4n) is 3.39. The standard InChI is InChI=1S/C15H20BrN3/c16-11-1-6-15(17-9-11)18-8-7-14(10-18)19(12-2-3-12)13-4-5-13/h1,6,9,12-14H,2-5,7-8,10H2. The zero-order valence-corrected chi connectivity index (χ0v) is 12.7. The van der Waals surface area contributed by atoms with E-state index in [1.165, 1.54) is 38.6 Å². The minimum Gasteiger partial charge on any atom is -0.355 e. The van der Waals surface area contributed by atoms with Crippen LogP contribution in [0, 0.1) is 0 Å². The molecule has 1 aromatic heterocycles. The van der Waals surface area contributed by atoms with Crippen molar-refractivity contribution in [3.05, 3.63) is 22.8 Å². The van der Waals surface area contributed by atoms with Crippen LogP contribution < -0.4 is 4.90 Å². The maximum Gasteiger partial charge on any atom is 0.128 e. The van der Waals surface area contributed by atoms with Crippen LogP contribution in [0.4, 0.5) is 5.82 Å². The zero-order valence-electron chi connectivity index (χ0n) is 11.1. The molecule has 1 aromatic rings. The Kier molecular flexibility index (Phi) is 3.03. The highest BCUT2D eigenvalue weighted by Gasteiger charge is 2.44. The lowest BCUT2D eigenvalue weighted by Gasteiger charge is -2.29. The van der Waals surface area contributed by atoms with Gasteiger partial charge in [0.25, 0.3) is 0 Å². The highest BCUT2D eigenvalue weighted by molar-refractivity contribution is 9.10. The summed E-state index contributed by atoms with van der Waals surface area (Å²) in [6.07, 6.45) is 8.95. The van der Waals surface area contributed by atoms with Crippen molar-refractivity contribution >= 4 is 21.7 Å². The number of hydrogen-bond acceptors (Lipinski definition) is 3. The maximum absolute atomic E-state index is 4.54. The third kappa shape index (κ3) is 2.52. The van der Waals surface area contributed by atoms with Gasteiger partial charge < -0.3 is 4.90 Å². The molecule has 3 aliphatic rings. The van der Waals surface area contributed by atoms with E-state index < -0.39 is 0 Å². The number of anilines is 1. The van der Waals surface area contributed by atoms with Gasteiger partial charge in [-0.1, -0.05) is 0 Å². The molecule has 4 heteroatoms. The predicted molar refractivity (Wildman–Crippen MR) is 80.4 cm³/mol. The first-order chi connectivity index (χ1) is 9.31. The smallest absolute Gasteiger partial charge is 0.128 e. The molecule has 3 fully saturated rings. The number of nitrogens with zero attached hydrogens (tertiary/aromatic N) is 3. The van der Waals surface area contributed by atoms with Crippen molar-refractivity contribution in [3.8, 4) is 0 Å². The highest BCUT2D eigenvalue weighted by atomic mass is 79.9. The Balaban J connectivity index is 1.45. The summed E-state index contributed by atoms with van der Waals surface area (Å²) in [7, 11) is 0. The second-order valence-electron chi connectivity index (χ2n) is 6.13. The van der Waals surface area contributed by atoms with Gasteiger partial charge in [0, 0.05) is 41.9 Å². The average Bonchev–Trinajstić information content (AvgIpc) is 3.32. The van der Waals surface area contributed by atoms with Crippen LogP contribution in [0.2, 0.25) is 0 Å². The second-order valence-corrected chi connectivity index (χ2v) is 7.05. The summed E-state index contributed by atoms with van der Waals surface area (Å²) in [6, 6.07) is 6.82. The summed E-state index contributed by atoms with van der Waals surface area (Å²) in [5.74, 6) is 1.14. The summed E-state index contributed by atoms with van der Waals surface area (Å²) in [4.78, 5) is 9.83. The molecule has 1 unspecified atom stereocenters. The first kappa shape index (κ1) is 12.2. The van der Waals surface area contributed by atoms with Crippen LogP contribution in [0.25, 0.3) is 0 Å². The van der Waals surface area contributed by atoms with Crippen LogP contribution >= 0.6 is 15.9 Å². The van der Waals surface area contributed by atoms with Crippen LogP contribution in [-0.2, 0) is 0 Å². The first-order valence-corrected chi connectivity index (χ1v) is 8.24. The van der Waals surface area contributed by atoms with Gasteiger partial charge in [0.2, 0.25) is 0 Å². The van der Waals surface area contributed by atoms with Gasteiger partial charge >= 0.3 is 0 Å². The van der Waals surface area contributed by atoms with Gasteiger partial charge in [-0.15, -0.1) is 0 Å². The van der Waals surface area contributed by atoms with E-state index in [-0.39, 0.29) is 0 Å². The Hall–Kier alpha value is -0.610. The lowest BCUT2D eigenvalue weighted by Crippen LogP contribution is -2.40. The topological polar surface area (TPSA) is 19.4 Å². The normalized spacial score (nSPS) is 27.3. The van der Waals surface area contributed by atoms with Crippen LogP contribution in [0.3, 0.4) is 0 Å². The third-order valence-corrected chi connectivity index (χ3v) is 5.03. The molecule has 0 spiro atoms. The molecule has 0 bridgehead atoms. The van der Waals surface area contributed by atoms with Crippen molar-refractivity contribution in [2.75, 3.05) is 18.0 Å². The predicted octanol–water partition coefficient (Wildman–Crippen LogP) is 3.05. The quantitative estimate of drug-likeness (QED) is 0.849. The molecule has 19 heavy (non-hydrogen) atoms. The van der Waals surface area contributed by atoms with Crippen LogP contribution in [0.5, 0.6) is 0 Å². The second kappa shape index (κ2) is 4.74. The molecule has 3 nitrogen and oxygen atoms in total. The molecule has 1 aliphatic heterocycles. The van der Waals surface area contributed by atoms with Gasteiger partial charge in [-0.25, -0.2) is 4.98 Å². The van der Waals surface area contributed by atoms with E-state index in [4.69, 9.17) is 0 Å². The number of halogens is 1. The third-order valence-electron chi connectivity index (χ3n) is 4.56. The summed E-state index contributed by atoms with van der Waals surface area (Å²) >= 11 is 3.45. The molecule has 2 saturated carbocycles. The number of pyridine rings is 1. The van der Waals surface area contributed by atoms with E-state index in [2.05, 4.69) is 42.8 Å². The molecule has 1 atom stereocenters. The van der Waals surface area contributed by atoms with E-state index >= 15 is 0 Å². The average molecular weight is 322 g/mol. The number of hydrogen-bond donors (Lipinski definition) is 0. The van der Waals surface area contributed by atoms with Gasteiger partial charge in [0.05, 0.1) is 0 Å². The summed E-state index contributed by atoms with van der Waals surface area (Å²) in [5.41, 5.74) is 0. The lowest BCUT2D eigenvalue weighted by atomic mass is 10.2. The lowest BCUT2D eigenvalue weighted by molar-refractivity contribution is 0.189. The molecule has 0 radical (unpaired) electrons. The SMILES string of the molecule is Brc1ccc(N2CCC(N(C3CC3)C3CC3)C2)nc1. The van der Waals surface area contributed by atoms with E-state index in [1.807, 2.05) is 6.20 Å². The minimum absolute atomic E-state index is 0.769. The molecule has 4 rings (SSSR count). The molecular weight excluding hydrogens is 302 g/mol. The number of aromatic nitrogens is 1. The van der Waals surface area contributed by atoms with E-state index in [0.717, 1.165) is 35.0 Å². The number of rotatable bonds is 4.